The predicted molar refractivity (Wildman–Crippen MR) is 101 cm³/mol. The number of hydrogen-bond donors (Lipinski definition) is 1. The maximum absolute atomic E-state index is 12.7. The zero-order valence-electron chi connectivity index (χ0n) is 15.3. The van der Waals surface area contributed by atoms with Crippen LogP contribution in [0.15, 0.2) is 30.3 Å². The van der Waals surface area contributed by atoms with Crippen LogP contribution in [0.1, 0.15) is 56.9 Å². The molecule has 1 N–H and O–H groups in total. The Bertz CT molecular complexity index is 565. The van der Waals surface area contributed by atoms with Crippen molar-refractivity contribution in [1.29, 1.82) is 0 Å². The number of benzene rings is 1. The van der Waals surface area contributed by atoms with Gasteiger partial charge in [0.1, 0.15) is 0 Å². The van der Waals surface area contributed by atoms with E-state index in [0.717, 1.165) is 31.8 Å². The topological polar surface area (TPSA) is 32.3 Å². The molecule has 1 aliphatic heterocycles. The Morgan fingerprint density at radius 3 is 2.48 bits per heavy atom. The molecule has 1 aromatic carbocycles. The summed E-state index contributed by atoms with van der Waals surface area (Å²) in [6.07, 6.45) is 9.77. The van der Waals surface area contributed by atoms with Gasteiger partial charge in [0.05, 0.1) is 0 Å². The highest BCUT2D eigenvalue weighted by Crippen LogP contribution is 2.39. The van der Waals surface area contributed by atoms with Crippen LogP contribution in [-0.2, 0) is 11.3 Å². The van der Waals surface area contributed by atoms with Gasteiger partial charge >= 0.3 is 0 Å². The molecule has 2 aliphatic carbocycles. The van der Waals surface area contributed by atoms with E-state index in [1.165, 1.54) is 50.6 Å². The quantitative estimate of drug-likeness (QED) is 0.841. The molecule has 0 spiro atoms. The lowest BCUT2D eigenvalue weighted by atomic mass is 9.95. The van der Waals surface area contributed by atoms with Crippen molar-refractivity contribution in [3.63, 3.8) is 0 Å². The van der Waals surface area contributed by atoms with Gasteiger partial charge in [-0.1, -0.05) is 56.0 Å². The Kier molecular flexibility index (Phi) is 5.40. The van der Waals surface area contributed by atoms with E-state index in [0.29, 0.717) is 17.9 Å². The molecule has 25 heavy (non-hydrogen) atoms. The summed E-state index contributed by atoms with van der Waals surface area (Å²) in [7, 11) is 0. The van der Waals surface area contributed by atoms with Gasteiger partial charge in [0.15, 0.2) is 0 Å². The molecule has 1 heterocycles. The van der Waals surface area contributed by atoms with Gasteiger partial charge in [-0.15, -0.1) is 0 Å². The lowest BCUT2D eigenvalue weighted by molar-refractivity contribution is -0.126. The first kappa shape index (κ1) is 17.1. The Balaban J connectivity index is 1.31. The van der Waals surface area contributed by atoms with Crippen molar-refractivity contribution in [3.8, 4) is 0 Å². The van der Waals surface area contributed by atoms with Gasteiger partial charge in [0.25, 0.3) is 0 Å². The third-order valence-corrected chi connectivity index (χ3v) is 6.74. The van der Waals surface area contributed by atoms with Crippen LogP contribution in [0, 0.1) is 17.8 Å². The lowest BCUT2D eigenvalue weighted by Crippen LogP contribution is -2.42. The average molecular weight is 341 g/mol. The van der Waals surface area contributed by atoms with E-state index >= 15 is 0 Å². The minimum absolute atomic E-state index is 0.281. The molecule has 0 aromatic heterocycles. The van der Waals surface area contributed by atoms with Crippen molar-refractivity contribution in [3.05, 3.63) is 35.9 Å². The van der Waals surface area contributed by atoms with Crippen LogP contribution in [0.5, 0.6) is 0 Å². The van der Waals surface area contributed by atoms with Gasteiger partial charge in [-0.25, -0.2) is 0 Å². The van der Waals surface area contributed by atoms with E-state index in [1.54, 1.807) is 0 Å². The molecule has 3 fully saturated rings. The molecule has 0 unspecified atom stereocenters. The van der Waals surface area contributed by atoms with Crippen molar-refractivity contribution < 1.29 is 4.79 Å². The van der Waals surface area contributed by atoms with Gasteiger partial charge in [-0.3, -0.25) is 9.69 Å². The van der Waals surface area contributed by atoms with E-state index in [-0.39, 0.29) is 5.92 Å². The summed E-state index contributed by atoms with van der Waals surface area (Å²) < 4.78 is 0. The third kappa shape index (κ3) is 4.08. The molecule has 1 saturated heterocycles. The summed E-state index contributed by atoms with van der Waals surface area (Å²) in [5.41, 5.74) is 1.40. The number of hydrogen-bond acceptors (Lipinski definition) is 2. The number of nitrogens with zero attached hydrogens (tertiary/aromatic N) is 1. The molecule has 3 heteroatoms. The van der Waals surface area contributed by atoms with Crippen LogP contribution in [0.25, 0.3) is 0 Å². The zero-order valence-corrected chi connectivity index (χ0v) is 15.3. The fourth-order valence-electron chi connectivity index (χ4n) is 5.35. The first-order valence-electron chi connectivity index (χ1n) is 10.4. The van der Waals surface area contributed by atoms with E-state index < -0.39 is 0 Å². The normalized spacial score (nSPS) is 30.8. The van der Waals surface area contributed by atoms with Gasteiger partial charge in [0, 0.05) is 31.6 Å². The Morgan fingerprint density at radius 1 is 0.960 bits per heavy atom. The summed E-state index contributed by atoms with van der Waals surface area (Å²) in [6.45, 7) is 3.40. The SMILES string of the molecule is O=C(N[C@@H]1CC[C@H]2CN(Cc3ccccc3)C[C@H]21)C1CCCCCC1. The molecule has 2 saturated carbocycles. The fourth-order valence-corrected chi connectivity index (χ4v) is 5.35. The minimum Gasteiger partial charge on any atom is -0.353 e. The highest BCUT2D eigenvalue weighted by atomic mass is 16.1. The third-order valence-electron chi connectivity index (χ3n) is 6.74. The monoisotopic (exact) mass is 340 g/mol. The molecule has 3 nitrogen and oxygen atoms in total. The van der Waals surface area contributed by atoms with Gasteiger partial charge in [-0.05, 0) is 43.1 Å². The summed E-state index contributed by atoms with van der Waals surface area (Å²) in [4.78, 5) is 15.3. The predicted octanol–water partition coefficient (Wildman–Crippen LogP) is 3.98. The number of carbonyl (C=O) groups excluding carboxylic acids is 1. The van der Waals surface area contributed by atoms with Crippen molar-refractivity contribution in [1.82, 2.24) is 10.2 Å². The van der Waals surface area contributed by atoms with Crippen LogP contribution in [0.3, 0.4) is 0 Å². The maximum Gasteiger partial charge on any atom is 0.223 e. The molecular weight excluding hydrogens is 308 g/mol. The highest BCUT2D eigenvalue weighted by molar-refractivity contribution is 5.79. The second-order valence-electron chi connectivity index (χ2n) is 8.48. The van der Waals surface area contributed by atoms with E-state index in [2.05, 4.69) is 40.5 Å². The van der Waals surface area contributed by atoms with Gasteiger partial charge < -0.3 is 5.32 Å². The first-order chi connectivity index (χ1) is 12.3. The fraction of sp³-hybridized carbons (Fsp3) is 0.682. The maximum atomic E-state index is 12.7. The van der Waals surface area contributed by atoms with E-state index in [1.807, 2.05) is 0 Å². The molecule has 0 radical (unpaired) electrons. The number of rotatable bonds is 4. The van der Waals surface area contributed by atoms with Gasteiger partial charge in [-0.2, -0.15) is 0 Å². The molecule has 136 valence electrons. The first-order valence-corrected chi connectivity index (χ1v) is 10.4. The number of fused-ring (bicyclic) bond motifs is 1. The minimum atomic E-state index is 0.281. The summed E-state index contributed by atoms with van der Waals surface area (Å²) in [5.74, 6) is 2.08. The van der Waals surface area contributed by atoms with Gasteiger partial charge in [0.2, 0.25) is 5.91 Å². The number of likely N-dealkylation sites (tertiary alicyclic amines) is 1. The highest BCUT2D eigenvalue weighted by Gasteiger charge is 2.43. The Labute approximate surface area is 152 Å². The van der Waals surface area contributed by atoms with Crippen LogP contribution in [0.2, 0.25) is 0 Å². The van der Waals surface area contributed by atoms with Crippen molar-refractivity contribution >= 4 is 5.91 Å². The molecule has 1 amide bonds. The molecule has 0 bridgehead atoms. The number of carbonyl (C=O) groups is 1. The van der Waals surface area contributed by atoms with Crippen LogP contribution in [0.4, 0.5) is 0 Å². The van der Waals surface area contributed by atoms with Crippen LogP contribution >= 0.6 is 0 Å². The van der Waals surface area contributed by atoms with E-state index in [4.69, 9.17) is 0 Å². The molecule has 4 rings (SSSR count). The number of nitrogens with one attached hydrogen (secondary N) is 1. The summed E-state index contributed by atoms with van der Waals surface area (Å²) in [6, 6.07) is 11.2. The average Bonchev–Trinajstić information content (AvgIpc) is 3.05. The van der Waals surface area contributed by atoms with Crippen LogP contribution in [-0.4, -0.2) is 29.9 Å². The lowest BCUT2D eigenvalue weighted by Gasteiger charge is -2.24. The van der Waals surface area contributed by atoms with Crippen LogP contribution < -0.4 is 5.32 Å². The van der Waals surface area contributed by atoms with E-state index in [9.17, 15) is 4.79 Å². The second-order valence-corrected chi connectivity index (χ2v) is 8.48. The Hall–Kier alpha value is -1.35. The van der Waals surface area contributed by atoms with Crippen molar-refractivity contribution in [2.45, 2.75) is 64.0 Å². The van der Waals surface area contributed by atoms with Crippen molar-refractivity contribution in [2.24, 2.45) is 17.8 Å². The molecule has 3 atom stereocenters. The molecule has 1 aromatic rings. The number of amides is 1. The largest absolute Gasteiger partial charge is 0.353 e. The summed E-state index contributed by atoms with van der Waals surface area (Å²) in [5, 5.41) is 3.47. The smallest absolute Gasteiger partial charge is 0.223 e. The summed E-state index contributed by atoms with van der Waals surface area (Å²) >= 11 is 0. The zero-order chi connectivity index (χ0) is 17.1. The standard InChI is InChI=1S/C22H32N2O/c25-22(18-10-6-1-2-7-11-18)23-21-13-12-19-15-24(16-20(19)21)14-17-8-4-3-5-9-17/h3-5,8-9,18-21H,1-2,6-7,10-16H2,(H,23,25)/t19-,20+,21+/m0/s1. The second kappa shape index (κ2) is 7.90. The molecule has 3 aliphatic rings. The van der Waals surface area contributed by atoms with Crippen molar-refractivity contribution in [2.75, 3.05) is 13.1 Å². The Morgan fingerprint density at radius 2 is 1.72 bits per heavy atom. The molecular formula is C22H32N2O.